The number of carbonyl (C=O) groups is 1. The SMILES string of the molecule is CCC1(c2ccc(OCCC(C)C)cc2)Nc2ccccc2C(=O)N1CC1CCCO1. The number of hydrogen-bond acceptors (Lipinski definition) is 4. The van der Waals surface area contributed by atoms with Crippen molar-refractivity contribution in [3.63, 3.8) is 0 Å². The highest BCUT2D eigenvalue weighted by Gasteiger charge is 2.45. The van der Waals surface area contributed by atoms with Crippen molar-refractivity contribution < 1.29 is 14.3 Å². The average Bonchev–Trinajstić information content (AvgIpc) is 3.29. The van der Waals surface area contributed by atoms with Gasteiger partial charge in [0.25, 0.3) is 5.91 Å². The number of nitrogens with one attached hydrogen (secondary N) is 1. The quantitative estimate of drug-likeness (QED) is 0.617. The van der Waals surface area contributed by atoms with E-state index in [4.69, 9.17) is 9.47 Å². The van der Waals surface area contributed by atoms with E-state index in [1.54, 1.807) is 0 Å². The number of ether oxygens (including phenoxy) is 2. The fourth-order valence-electron chi connectivity index (χ4n) is 4.57. The molecule has 0 aromatic heterocycles. The van der Waals surface area contributed by atoms with E-state index in [9.17, 15) is 4.79 Å². The Kier molecular flexibility index (Phi) is 6.51. The van der Waals surface area contributed by atoms with Crippen LogP contribution in [0.25, 0.3) is 0 Å². The third kappa shape index (κ3) is 4.42. The Labute approximate surface area is 185 Å². The maximum Gasteiger partial charge on any atom is 0.258 e. The Morgan fingerprint density at radius 1 is 1.19 bits per heavy atom. The molecule has 1 fully saturated rings. The highest BCUT2D eigenvalue weighted by atomic mass is 16.5. The van der Waals surface area contributed by atoms with Gasteiger partial charge in [-0.3, -0.25) is 4.79 Å². The number of nitrogens with zero attached hydrogens (tertiary/aromatic N) is 1. The van der Waals surface area contributed by atoms with E-state index in [-0.39, 0.29) is 12.0 Å². The minimum absolute atomic E-state index is 0.0592. The number of rotatable bonds is 8. The molecule has 0 spiro atoms. The second-order valence-corrected chi connectivity index (χ2v) is 8.99. The molecule has 166 valence electrons. The summed E-state index contributed by atoms with van der Waals surface area (Å²) in [5.41, 5.74) is 2.05. The highest BCUT2D eigenvalue weighted by Crippen LogP contribution is 2.41. The first-order valence-electron chi connectivity index (χ1n) is 11.6. The molecule has 2 aliphatic rings. The molecule has 2 atom stereocenters. The first-order valence-corrected chi connectivity index (χ1v) is 11.6. The largest absolute Gasteiger partial charge is 0.494 e. The first-order chi connectivity index (χ1) is 15.0. The lowest BCUT2D eigenvalue weighted by Crippen LogP contribution is -2.59. The van der Waals surface area contributed by atoms with Gasteiger partial charge in [-0.2, -0.15) is 0 Å². The van der Waals surface area contributed by atoms with E-state index in [0.717, 1.165) is 54.9 Å². The Bertz CT molecular complexity index is 890. The van der Waals surface area contributed by atoms with E-state index >= 15 is 0 Å². The molecule has 0 aliphatic carbocycles. The third-order valence-electron chi connectivity index (χ3n) is 6.42. The van der Waals surface area contributed by atoms with Crippen LogP contribution in [0.1, 0.15) is 62.4 Å². The van der Waals surface area contributed by atoms with Gasteiger partial charge in [0, 0.05) is 18.8 Å². The number of carbonyl (C=O) groups excluding carboxylic acids is 1. The predicted octanol–water partition coefficient (Wildman–Crippen LogP) is 5.42. The molecule has 2 aromatic rings. The Hall–Kier alpha value is -2.53. The minimum Gasteiger partial charge on any atom is -0.494 e. The second-order valence-electron chi connectivity index (χ2n) is 8.99. The topological polar surface area (TPSA) is 50.8 Å². The van der Waals surface area contributed by atoms with Gasteiger partial charge in [-0.1, -0.05) is 45.0 Å². The zero-order valence-corrected chi connectivity index (χ0v) is 18.9. The zero-order valence-electron chi connectivity index (χ0n) is 18.9. The molecular formula is C26H34N2O3. The number of benzene rings is 2. The van der Waals surface area contributed by atoms with Crippen molar-refractivity contribution in [2.75, 3.05) is 25.1 Å². The maximum atomic E-state index is 13.6. The van der Waals surface area contributed by atoms with Gasteiger partial charge in [0.1, 0.15) is 11.4 Å². The molecule has 31 heavy (non-hydrogen) atoms. The first kappa shape index (κ1) is 21.7. The van der Waals surface area contributed by atoms with Crippen molar-refractivity contribution >= 4 is 11.6 Å². The summed E-state index contributed by atoms with van der Waals surface area (Å²) in [5, 5.41) is 3.72. The van der Waals surface area contributed by atoms with Crippen molar-refractivity contribution in [2.45, 2.75) is 58.2 Å². The molecule has 0 bridgehead atoms. The number of fused-ring (bicyclic) bond motifs is 1. The summed E-state index contributed by atoms with van der Waals surface area (Å²) < 4.78 is 11.8. The summed E-state index contributed by atoms with van der Waals surface area (Å²) >= 11 is 0. The molecule has 0 radical (unpaired) electrons. The molecule has 5 heteroatoms. The Morgan fingerprint density at radius 3 is 2.65 bits per heavy atom. The van der Waals surface area contributed by atoms with Crippen LogP contribution in [0.15, 0.2) is 48.5 Å². The lowest BCUT2D eigenvalue weighted by atomic mass is 9.89. The van der Waals surface area contributed by atoms with Gasteiger partial charge in [0.15, 0.2) is 0 Å². The molecule has 1 amide bonds. The van der Waals surface area contributed by atoms with Gasteiger partial charge in [-0.05, 0) is 61.4 Å². The van der Waals surface area contributed by atoms with Gasteiger partial charge >= 0.3 is 0 Å². The smallest absolute Gasteiger partial charge is 0.258 e. The molecule has 2 heterocycles. The fraction of sp³-hybridized carbons (Fsp3) is 0.500. The fourth-order valence-corrected chi connectivity index (χ4v) is 4.57. The molecular weight excluding hydrogens is 388 g/mol. The summed E-state index contributed by atoms with van der Waals surface area (Å²) in [7, 11) is 0. The summed E-state index contributed by atoms with van der Waals surface area (Å²) in [6, 6.07) is 16.0. The van der Waals surface area contributed by atoms with Crippen LogP contribution >= 0.6 is 0 Å². The number of para-hydroxylation sites is 1. The predicted molar refractivity (Wildman–Crippen MR) is 123 cm³/mol. The van der Waals surface area contributed by atoms with E-state index in [2.05, 4.69) is 38.2 Å². The van der Waals surface area contributed by atoms with Crippen LogP contribution in [0, 0.1) is 5.92 Å². The van der Waals surface area contributed by atoms with Crippen molar-refractivity contribution in [1.29, 1.82) is 0 Å². The van der Waals surface area contributed by atoms with Crippen molar-refractivity contribution in [1.82, 2.24) is 4.90 Å². The van der Waals surface area contributed by atoms with Crippen LogP contribution in [0.2, 0.25) is 0 Å². The maximum absolute atomic E-state index is 13.6. The van der Waals surface area contributed by atoms with Gasteiger partial charge in [-0.15, -0.1) is 0 Å². The van der Waals surface area contributed by atoms with Crippen LogP contribution in [-0.2, 0) is 10.4 Å². The van der Waals surface area contributed by atoms with Crippen molar-refractivity contribution in [3.8, 4) is 5.75 Å². The van der Waals surface area contributed by atoms with Gasteiger partial charge in [0.05, 0.1) is 18.3 Å². The van der Waals surface area contributed by atoms with Crippen LogP contribution in [0.4, 0.5) is 5.69 Å². The van der Waals surface area contributed by atoms with E-state index in [0.29, 0.717) is 19.1 Å². The molecule has 2 aliphatic heterocycles. The average molecular weight is 423 g/mol. The molecule has 1 saturated heterocycles. The van der Waals surface area contributed by atoms with Crippen LogP contribution in [-0.4, -0.2) is 36.7 Å². The number of amides is 1. The number of anilines is 1. The van der Waals surface area contributed by atoms with E-state index in [1.165, 1.54) is 0 Å². The highest BCUT2D eigenvalue weighted by molar-refractivity contribution is 6.02. The molecule has 2 unspecified atom stereocenters. The van der Waals surface area contributed by atoms with E-state index in [1.807, 2.05) is 41.3 Å². The lowest BCUT2D eigenvalue weighted by Gasteiger charge is -2.49. The standard InChI is InChI=1S/C26H34N2O3/c1-4-26(20-11-13-21(14-12-20)31-17-15-19(2)3)27-24-10-6-5-9-23(24)25(29)28(26)18-22-8-7-16-30-22/h5-6,9-14,19,22,27H,4,7-8,15-18H2,1-3H3. The summed E-state index contributed by atoms with van der Waals surface area (Å²) in [6.45, 7) is 8.60. The van der Waals surface area contributed by atoms with Crippen LogP contribution in [0.3, 0.4) is 0 Å². The van der Waals surface area contributed by atoms with E-state index < -0.39 is 5.66 Å². The summed E-state index contributed by atoms with van der Waals surface area (Å²) in [6.07, 6.45) is 3.91. The van der Waals surface area contributed by atoms with Gasteiger partial charge in [0.2, 0.25) is 0 Å². The Morgan fingerprint density at radius 2 is 1.97 bits per heavy atom. The third-order valence-corrected chi connectivity index (χ3v) is 6.42. The molecule has 0 saturated carbocycles. The second kappa shape index (κ2) is 9.31. The zero-order chi connectivity index (χ0) is 21.8. The van der Waals surface area contributed by atoms with Crippen molar-refractivity contribution in [2.24, 2.45) is 5.92 Å². The van der Waals surface area contributed by atoms with Crippen molar-refractivity contribution in [3.05, 3.63) is 59.7 Å². The monoisotopic (exact) mass is 422 g/mol. The molecule has 4 rings (SSSR count). The van der Waals surface area contributed by atoms with Crippen LogP contribution in [0.5, 0.6) is 5.75 Å². The molecule has 2 aromatic carbocycles. The summed E-state index contributed by atoms with van der Waals surface area (Å²) in [5.74, 6) is 1.54. The summed E-state index contributed by atoms with van der Waals surface area (Å²) in [4.78, 5) is 15.6. The normalized spacial score (nSPS) is 23.0. The Balaban J connectivity index is 1.66. The van der Waals surface area contributed by atoms with Gasteiger partial charge < -0.3 is 19.7 Å². The molecule has 1 N–H and O–H groups in total. The molecule has 5 nitrogen and oxygen atoms in total. The van der Waals surface area contributed by atoms with Gasteiger partial charge in [-0.25, -0.2) is 0 Å². The minimum atomic E-state index is -0.617. The lowest BCUT2D eigenvalue weighted by molar-refractivity contribution is 0.0187. The number of hydrogen-bond donors (Lipinski definition) is 1. The van der Waals surface area contributed by atoms with Crippen LogP contribution < -0.4 is 10.1 Å².